The minimum absolute atomic E-state index is 0.0683. The largest absolute Gasteiger partial charge is 0.605 e. The van der Waals surface area contributed by atoms with Gasteiger partial charge in [-0.25, -0.2) is 0 Å². The van der Waals surface area contributed by atoms with E-state index in [1.54, 1.807) is 11.9 Å². The number of hydrogen-bond acceptors (Lipinski definition) is 5. The molecule has 1 rings (SSSR count). The molecule has 1 saturated heterocycles. The van der Waals surface area contributed by atoms with Crippen molar-refractivity contribution in [1.29, 1.82) is 0 Å². The summed E-state index contributed by atoms with van der Waals surface area (Å²) in [6.07, 6.45) is 6.72. The van der Waals surface area contributed by atoms with Gasteiger partial charge in [-0.15, -0.1) is 0 Å². The first kappa shape index (κ1) is 15.8. The van der Waals surface area contributed by atoms with Crippen LogP contribution in [0.2, 0.25) is 5.82 Å². The molecule has 0 aromatic rings. The maximum Gasteiger partial charge on any atom is 0.605 e. The molecule has 106 valence electrons. The fraction of sp³-hybridized carbons (Fsp3) is 0.692. The lowest BCUT2D eigenvalue weighted by Crippen LogP contribution is -2.44. The summed E-state index contributed by atoms with van der Waals surface area (Å²) in [6.45, 7) is 4.22. The second-order valence-corrected chi connectivity index (χ2v) is 4.85. The number of nitrogens with zero attached hydrogens (tertiary/aromatic N) is 1. The van der Waals surface area contributed by atoms with Crippen molar-refractivity contribution in [3.63, 3.8) is 0 Å². The second-order valence-electron chi connectivity index (χ2n) is 4.85. The van der Waals surface area contributed by atoms with E-state index >= 15 is 0 Å². The van der Waals surface area contributed by atoms with Crippen molar-refractivity contribution >= 4 is 19.1 Å². The normalized spacial score (nSPS) is 19.8. The Bertz CT molecular complexity index is 326. The van der Waals surface area contributed by atoms with Crippen molar-refractivity contribution < 1.29 is 18.9 Å². The van der Waals surface area contributed by atoms with Crippen LogP contribution >= 0.6 is 0 Å². The summed E-state index contributed by atoms with van der Waals surface area (Å²) in [6, 6.07) is 0. The summed E-state index contributed by atoms with van der Waals surface area (Å²) >= 11 is 0. The van der Waals surface area contributed by atoms with Gasteiger partial charge < -0.3 is 9.31 Å². The third-order valence-corrected chi connectivity index (χ3v) is 2.97. The van der Waals surface area contributed by atoms with Gasteiger partial charge in [-0.1, -0.05) is 31.9 Å². The molecule has 0 amide bonds. The molecule has 6 heteroatoms. The quantitative estimate of drug-likeness (QED) is 0.560. The fourth-order valence-corrected chi connectivity index (χ4v) is 2.04. The molecule has 0 aromatic heterocycles. The maximum atomic E-state index is 11.7. The summed E-state index contributed by atoms with van der Waals surface area (Å²) in [4.78, 5) is 24.9. The van der Waals surface area contributed by atoms with E-state index in [1.165, 1.54) is 0 Å². The Morgan fingerprint density at radius 1 is 1.32 bits per heavy atom. The minimum Gasteiger partial charge on any atom is -0.498 e. The molecular formula is C13H22BNO4. The van der Waals surface area contributed by atoms with Crippen LogP contribution in [-0.4, -0.2) is 44.1 Å². The molecule has 1 fully saturated rings. The molecule has 1 aliphatic heterocycles. The molecule has 19 heavy (non-hydrogen) atoms. The van der Waals surface area contributed by atoms with Crippen LogP contribution in [0.1, 0.15) is 33.1 Å². The van der Waals surface area contributed by atoms with Gasteiger partial charge in [0.05, 0.1) is 13.1 Å². The molecular weight excluding hydrogens is 245 g/mol. The Kier molecular flexibility index (Phi) is 6.63. The molecule has 0 N–H and O–H groups in total. The van der Waals surface area contributed by atoms with E-state index in [9.17, 15) is 9.59 Å². The Hall–Kier alpha value is -1.30. The van der Waals surface area contributed by atoms with Crippen LogP contribution in [0.5, 0.6) is 0 Å². The highest BCUT2D eigenvalue weighted by atomic mass is 16.6. The lowest BCUT2D eigenvalue weighted by molar-refractivity contribution is -0.145. The average molecular weight is 267 g/mol. The Morgan fingerprint density at radius 3 is 2.37 bits per heavy atom. The van der Waals surface area contributed by atoms with Crippen molar-refractivity contribution in [2.24, 2.45) is 0 Å². The average Bonchev–Trinajstić information content (AvgIpc) is 2.31. The van der Waals surface area contributed by atoms with Gasteiger partial charge in [-0.05, 0) is 20.4 Å². The van der Waals surface area contributed by atoms with Gasteiger partial charge in [0.15, 0.2) is 0 Å². The Morgan fingerprint density at radius 2 is 1.89 bits per heavy atom. The van der Waals surface area contributed by atoms with Crippen LogP contribution in [0.3, 0.4) is 0 Å². The zero-order valence-corrected chi connectivity index (χ0v) is 11.9. The summed E-state index contributed by atoms with van der Waals surface area (Å²) in [5.41, 5.74) is 0. The first-order valence-corrected chi connectivity index (χ1v) is 6.77. The monoisotopic (exact) mass is 267 g/mol. The minimum atomic E-state index is -0.795. The van der Waals surface area contributed by atoms with E-state index in [-0.39, 0.29) is 30.8 Å². The molecule has 0 radical (unpaired) electrons. The molecule has 0 aromatic carbocycles. The molecule has 1 atom stereocenters. The molecule has 0 saturated carbocycles. The van der Waals surface area contributed by atoms with Crippen molar-refractivity contribution in [3.05, 3.63) is 12.2 Å². The van der Waals surface area contributed by atoms with E-state index in [0.29, 0.717) is 0 Å². The lowest BCUT2D eigenvalue weighted by Gasteiger charge is -2.25. The highest BCUT2D eigenvalue weighted by Crippen LogP contribution is 2.23. The zero-order valence-electron chi connectivity index (χ0n) is 11.9. The van der Waals surface area contributed by atoms with Gasteiger partial charge in [0.2, 0.25) is 0 Å². The number of allylic oxidation sites excluding steroid dienone is 2. The van der Waals surface area contributed by atoms with Gasteiger partial charge in [0, 0.05) is 5.82 Å². The second kappa shape index (κ2) is 7.99. The predicted molar refractivity (Wildman–Crippen MR) is 73.5 cm³/mol. The Labute approximate surface area is 115 Å². The van der Waals surface area contributed by atoms with Crippen LogP contribution in [0.4, 0.5) is 0 Å². The zero-order chi connectivity index (χ0) is 14.3. The first-order valence-electron chi connectivity index (χ1n) is 6.77. The van der Waals surface area contributed by atoms with Crippen molar-refractivity contribution in [1.82, 2.24) is 4.90 Å². The van der Waals surface area contributed by atoms with Gasteiger partial charge >= 0.3 is 19.1 Å². The van der Waals surface area contributed by atoms with Gasteiger partial charge in [0.25, 0.3) is 0 Å². The fourth-order valence-electron chi connectivity index (χ4n) is 2.04. The molecule has 0 aliphatic carbocycles. The smallest absolute Gasteiger partial charge is 0.498 e. The van der Waals surface area contributed by atoms with Crippen molar-refractivity contribution in [2.75, 3.05) is 20.1 Å². The van der Waals surface area contributed by atoms with E-state index in [1.807, 2.05) is 19.1 Å². The van der Waals surface area contributed by atoms with Crippen LogP contribution in [0.15, 0.2) is 12.2 Å². The summed E-state index contributed by atoms with van der Waals surface area (Å²) in [5, 5.41) is 0. The van der Waals surface area contributed by atoms with E-state index in [0.717, 1.165) is 19.3 Å². The maximum absolute atomic E-state index is 11.7. The van der Waals surface area contributed by atoms with Gasteiger partial charge in [-0.3, -0.25) is 14.5 Å². The highest BCUT2D eigenvalue weighted by molar-refractivity contribution is 6.51. The van der Waals surface area contributed by atoms with Crippen LogP contribution in [-0.2, 0) is 18.9 Å². The molecule has 1 heterocycles. The number of carbonyl (C=O) groups is 2. The molecule has 1 unspecified atom stereocenters. The van der Waals surface area contributed by atoms with Crippen LogP contribution < -0.4 is 0 Å². The van der Waals surface area contributed by atoms with Crippen LogP contribution in [0, 0.1) is 0 Å². The summed E-state index contributed by atoms with van der Waals surface area (Å²) < 4.78 is 10.5. The van der Waals surface area contributed by atoms with Crippen LogP contribution in [0.25, 0.3) is 0 Å². The van der Waals surface area contributed by atoms with Gasteiger partial charge in [0.1, 0.15) is 0 Å². The number of unbranched alkanes of at least 4 members (excludes halogenated alkanes) is 1. The third kappa shape index (κ3) is 5.47. The molecule has 1 aliphatic rings. The van der Waals surface area contributed by atoms with Crippen molar-refractivity contribution in [3.8, 4) is 0 Å². The van der Waals surface area contributed by atoms with Crippen molar-refractivity contribution in [2.45, 2.75) is 38.9 Å². The topological polar surface area (TPSA) is 55.8 Å². The van der Waals surface area contributed by atoms with Gasteiger partial charge in [-0.2, -0.15) is 0 Å². The first-order chi connectivity index (χ1) is 9.06. The highest BCUT2D eigenvalue weighted by Gasteiger charge is 2.37. The summed E-state index contributed by atoms with van der Waals surface area (Å²) in [7, 11) is 0.889. The number of rotatable bonds is 5. The number of hydrogen-bond donors (Lipinski definition) is 0. The van der Waals surface area contributed by atoms with E-state index in [2.05, 4.69) is 6.92 Å². The summed E-state index contributed by atoms with van der Waals surface area (Å²) in [5.74, 6) is -0.779. The predicted octanol–water partition coefficient (Wildman–Crippen LogP) is 1.64. The standard InChI is InChI=1S/C13H22BNO4/c1-4-6-8-11(7-5-2)14-18-12(16)9-15(3)10-13(17)19-14/h5,7,11H,4,6,8-10H2,1-3H3/b7-5+. The molecule has 0 bridgehead atoms. The SMILES string of the molecule is C/C=C/C(CCCC)B1OC(=O)CN(C)CC(=O)O1. The van der Waals surface area contributed by atoms with E-state index < -0.39 is 7.12 Å². The van der Waals surface area contributed by atoms with E-state index in [4.69, 9.17) is 9.31 Å². The number of carbonyl (C=O) groups excluding carboxylic acids is 2. The number of likely N-dealkylation sites (N-methyl/N-ethyl adjacent to an activating group) is 1. The lowest BCUT2D eigenvalue weighted by atomic mass is 9.68. The molecule has 0 spiro atoms. The Balaban J connectivity index is 2.74. The molecule has 5 nitrogen and oxygen atoms in total. The third-order valence-electron chi connectivity index (χ3n) is 2.97.